The Hall–Kier alpha value is -1.73. The van der Waals surface area contributed by atoms with Gasteiger partial charge in [-0.15, -0.1) is 0 Å². The molecule has 134 valence electrons. The van der Waals surface area contributed by atoms with Crippen LogP contribution in [-0.4, -0.2) is 57.7 Å². The number of aliphatic hydroxyl groups is 1. The minimum Gasteiger partial charge on any atom is -0.395 e. The molecule has 1 saturated heterocycles. The van der Waals surface area contributed by atoms with E-state index in [0.717, 1.165) is 38.0 Å². The number of nitrogens with one attached hydrogen (secondary N) is 1. The van der Waals surface area contributed by atoms with E-state index in [4.69, 9.17) is 0 Å². The van der Waals surface area contributed by atoms with Crippen LogP contribution in [0.1, 0.15) is 37.1 Å². The van der Waals surface area contributed by atoms with Gasteiger partial charge in [0.25, 0.3) is 0 Å². The lowest BCUT2D eigenvalue weighted by atomic mass is 10.0. The number of hydrogen-bond acceptors (Lipinski definition) is 5. The van der Waals surface area contributed by atoms with E-state index in [1.165, 1.54) is 4.57 Å². The highest BCUT2D eigenvalue weighted by molar-refractivity contribution is 5.75. The number of aromatic nitrogens is 2. The quantitative estimate of drug-likeness (QED) is 0.743. The van der Waals surface area contributed by atoms with Crippen LogP contribution in [0.3, 0.4) is 0 Å². The molecule has 0 radical (unpaired) electrons. The Bertz CT molecular complexity index is 614. The normalized spacial score (nSPS) is 18.5. The van der Waals surface area contributed by atoms with Crippen LogP contribution < -0.4 is 11.0 Å². The molecule has 1 aromatic heterocycles. The lowest BCUT2D eigenvalue weighted by molar-refractivity contribution is -0.121. The maximum Gasteiger partial charge on any atom is 0.347 e. The Morgan fingerprint density at radius 2 is 2.17 bits per heavy atom. The van der Waals surface area contributed by atoms with Gasteiger partial charge < -0.3 is 10.4 Å². The summed E-state index contributed by atoms with van der Waals surface area (Å²) in [6.45, 7) is 6.44. The van der Waals surface area contributed by atoms with Crippen LogP contribution in [0.2, 0.25) is 0 Å². The Labute approximate surface area is 142 Å². The third-order valence-electron chi connectivity index (χ3n) is 4.59. The third kappa shape index (κ3) is 5.14. The molecule has 1 atom stereocenters. The topological polar surface area (TPSA) is 87.5 Å². The first-order valence-electron chi connectivity index (χ1n) is 8.68. The first-order chi connectivity index (χ1) is 11.5. The highest BCUT2D eigenvalue weighted by atomic mass is 16.3. The number of aryl methyl sites for hydroxylation is 2. The molecule has 0 bridgehead atoms. The number of nitrogens with zero attached hydrogens (tertiary/aromatic N) is 3. The van der Waals surface area contributed by atoms with Gasteiger partial charge in [-0.25, -0.2) is 4.79 Å². The summed E-state index contributed by atoms with van der Waals surface area (Å²) in [6, 6.07) is 2.06. The molecular weight excluding hydrogens is 308 g/mol. The van der Waals surface area contributed by atoms with E-state index in [-0.39, 0.29) is 30.7 Å². The Morgan fingerprint density at radius 3 is 2.88 bits per heavy atom. The van der Waals surface area contributed by atoms with E-state index in [1.807, 2.05) is 13.0 Å². The molecule has 0 aromatic carbocycles. The standard InChI is InChI=1S/C17H28N4O3/c1-13-11-14(2)21(17(24)19-13)9-6-16(23)18-7-10-20-8-4-3-5-15(20)12-22/h11,15,22H,3-10,12H2,1-2H3,(H,18,23)/t15-/m0/s1. The maximum atomic E-state index is 12.0. The summed E-state index contributed by atoms with van der Waals surface area (Å²) in [5, 5.41) is 12.3. The molecule has 1 aliphatic heterocycles. The number of hydrogen-bond donors (Lipinski definition) is 2. The SMILES string of the molecule is Cc1cc(C)n(CCC(=O)NCCN2CCCC[C@H]2CO)c(=O)n1. The van der Waals surface area contributed by atoms with Gasteiger partial charge in [-0.05, 0) is 39.3 Å². The zero-order valence-corrected chi connectivity index (χ0v) is 14.6. The van der Waals surface area contributed by atoms with Crippen molar-refractivity contribution >= 4 is 5.91 Å². The second-order valence-corrected chi connectivity index (χ2v) is 6.44. The Morgan fingerprint density at radius 1 is 1.38 bits per heavy atom. The van der Waals surface area contributed by atoms with E-state index in [1.54, 1.807) is 6.92 Å². The van der Waals surface area contributed by atoms with Gasteiger partial charge in [0.2, 0.25) is 5.91 Å². The fourth-order valence-corrected chi connectivity index (χ4v) is 3.25. The monoisotopic (exact) mass is 336 g/mol. The summed E-state index contributed by atoms with van der Waals surface area (Å²) in [6.07, 6.45) is 3.59. The second kappa shape index (κ2) is 8.94. The fourth-order valence-electron chi connectivity index (χ4n) is 3.25. The molecule has 0 aliphatic carbocycles. The molecule has 1 aromatic rings. The number of aliphatic hydroxyl groups excluding tert-OH is 1. The van der Waals surface area contributed by atoms with Crippen molar-refractivity contribution in [1.29, 1.82) is 0 Å². The van der Waals surface area contributed by atoms with Crippen molar-refractivity contribution in [3.05, 3.63) is 27.9 Å². The van der Waals surface area contributed by atoms with Gasteiger partial charge in [0.1, 0.15) is 0 Å². The van der Waals surface area contributed by atoms with E-state index in [9.17, 15) is 14.7 Å². The van der Waals surface area contributed by atoms with Crippen molar-refractivity contribution in [2.24, 2.45) is 0 Å². The van der Waals surface area contributed by atoms with Crippen LogP contribution in [0.15, 0.2) is 10.9 Å². The Balaban J connectivity index is 1.75. The maximum absolute atomic E-state index is 12.0. The van der Waals surface area contributed by atoms with Crippen LogP contribution in [0.5, 0.6) is 0 Å². The largest absolute Gasteiger partial charge is 0.395 e. The van der Waals surface area contributed by atoms with Crippen LogP contribution in [0.4, 0.5) is 0 Å². The molecule has 1 aliphatic rings. The molecule has 7 nitrogen and oxygen atoms in total. The second-order valence-electron chi connectivity index (χ2n) is 6.44. The van der Waals surface area contributed by atoms with Gasteiger partial charge >= 0.3 is 5.69 Å². The van der Waals surface area contributed by atoms with Crippen LogP contribution >= 0.6 is 0 Å². The van der Waals surface area contributed by atoms with Gasteiger partial charge in [-0.1, -0.05) is 6.42 Å². The average molecular weight is 336 g/mol. The summed E-state index contributed by atoms with van der Waals surface area (Å²) >= 11 is 0. The first kappa shape index (κ1) is 18.6. The molecule has 1 amide bonds. The Kier molecular flexibility index (Phi) is 6.93. The first-order valence-corrected chi connectivity index (χ1v) is 8.68. The van der Waals surface area contributed by atoms with Gasteiger partial charge in [0.05, 0.1) is 6.61 Å². The molecule has 24 heavy (non-hydrogen) atoms. The minimum absolute atomic E-state index is 0.0700. The zero-order valence-electron chi connectivity index (χ0n) is 14.6. The summed E-state index contributed by atoms with van der Waals surface area (Å²) in [5.74, 6) is -0.0700. The minimum atomic E-state index is -0.306. The summed E-state index contributed by atoms with van der Waals surface area (Å²) < 4.78 is 1.53. The summed E-state index contributed by atoms with van der Waals surface area (Å²) in [4.78, 5) is 30.0. The molecule has 0 unspecified atom stereocenters. The average Bonchev–Trinajstić information content (AvgIpc) is 2.54. The van der Waals surface area contributed by atoms with Gasteiger partial charge in [0, 0.05) is 43.5 Å². The number of amides is 1. The molecule has 0 saturated carbocycles. The predicted octanol–water partition coefficient (Wildman–Crippen LogP) is 0.213. The van der Waals surface area contributed by atoms with Crippen molar-refractivity contribution in [3.63, 3.8) is 0 Å². The predicted molar refractivity (Wildman–Crippen MR) is 91.9 cm³/mol. The molecule has 2 N–H and O–H groups in total. The number of carbonyl (C=O) groups excluding carboxylic acids is 1. The smallest absolute Gasteiger partial charge is 0.347 e. The third-order valence-corrected chi connectivity index (χ3v) is 4.59. The highest BCUT2D eigenvalue weighted by Crippen LogP contribution is 2.15. The van der Waals surface area contributed by atoms with Crippen molar-refractivity contribution in [3.8, 4) is 0 Å². The van der Waals surface area contributed by atoms with Crippen molar-refractivity contribution < 1.29 is 9.90 Å². The number of carbonyl (C=O) groups is 1. The molecule has 0 spiro atoms. The van der Waals surface area contributed by atoms with E-state index < -0.39 is 0 Å². The summed E-state index contributed by atoms with van der Waals surface area (Å²) in [7, 11) is 0. The fraction of sp³-hybridized carbons (Fsp3) is 0.706. The molecule has 7 heteroatoms. The lowest BCUT2D eigenvalue weighted by Crippen LogP contribution is -2.45. The highest BCUT2D eigenvalue weighted by Gasteiger charge is 2.20. The van der Waals surface area contributed by atoms with Crippen LogP contribution in [-0.2, 0) is 11.3 Å². The molecule has 2 rings (SSSR count). The lowest BCUT2D eigenvalue weighted by Gasteiger charge is -2.34. The number of rotatable bonds is 7. The van der Waals surface area contributed by atoms with Gasteiger partial charge in [-0.2, -0.15) is 4.98 Å². The van der Waals surface area contributed by atoms with Crippen molar-refractivity contribution in [1.82, 2.24) is 19.8 Å². The zero-order chi connectivity index (χ0) is 17.5. The van der Waals surface area contributed by atoms with E-state index in [2.05, 4.69) is 15.2 Å². The summed E-state index contributed by atoms with van der Waals surface area (Å²) in [5.41, 5.74) is 1.21. The van der Waals surface area contributed by atoms with Crippen molar-refractivity contribution in [2.45, 2.75) is 52.1 Å². The molecule has 2 heterocycles. The van der Waals surface area contributed by atoms with Crippen LogP contribution in [0.25, 0.3) is 0 Å². The van der Waals surface area contributed by atoms with Crippen LogP contribution in [0, 0.1) is 13.8 Å². The van der Waals surface area contributed by atoms with Gasteiger partial charge in [0.15, 0.2) is 0 Å². The molecule has 1 fully saturated rings. The van der Waals surface area contributed by atoms with E-state index in [0.29, 0.717) is 18.8 Å². The van der Waals surface area contributed by atoms with Gasteiger partial charge in [-0.3, -0.25) is 14.3 Å². The number of piperidine rings is 1. The molecular formula is C17H28N4O3. The van der Waals surface area contributed by atoms with Crippen molar-refractivity contribution in [2.75, 3.05) is 26.2 Å². The van der Waals surface area contributed by atoms with E-state index >= 15 is 0 Å². The number of likely N-dealkylation sites (tertiary alicyclic amines) is 1.